The van der Waals surface area contributed by atoms with Crippen molar-refractivity contribution in [1.82, 2.24) is 0 Å². The second-order valence-electron chi connectivity index (χ2n) is 0.482. The predicted octanol–water partition coefficient (Wildman–Crippen LogP) is 1.88. The molecule has 0 rings (SSSR count). The van der Waals surface area contributed by atoms with Crippen molar-refractivity contribution < 1.29 is 5.11 Å². The van der Waals surface area contributed by atoms with Crippen molar-refractivity contribution in [2.24, 2.45) is 0 Å². The molecule has 1 heteroatoms. The van der Waals surface area contributed by atoms with E-state index in [9.17, 15) is 0 Å². The Morgan fingerprint density at radius 1 is 1.50 bits per heavy atom. The average Bonchev–Trinajstić information content (AvgIpc) is 1.72. The number of aliphatic hydroxyl groups excluding tert-OH is 1. The van der Waals surface area contributed by atoms with Crippen LogP contribution in [0.2, 0.25) is 0 Å². The van der Waals surface area contributed by atoms with Crippen molar-refractivity contribution in [3.8, 4) is 0 Å². The molecule has 0 aromatic carbocycles. The Balaban J connectivity index is 0. The molecule has 0 aromatic rings. The zero-order valence-corrected chi connectivity index (χ0v) is 4.02. The van der Waals surface area contributed by atoms with Gasteiger partial charge in [0.25, 0.3) is 0 Å². The van der Waals surface area contributed by atoms with Crippen LogP contribution in [-0.4, -0.2) is 5.11 Å². The third kappa shape index (κ3) is 217. The van der Waals surface area contributed by atoms with Gasteiger partial charge in [0.15, 0.2) is 0 Å². The van der Waals surface area contributed by atoms with Crippen molar-refractivity contribution in [1.29, 1.82) is 0 Å². The Labute approximate surface area is 38.6 Å². The number of allylic oxidation sites excluding steroid dienone is 1. The lowest BCUT2D eigenvalue weighted by atomic mass is 10.8. The van der Waals surface area contributed by atoms with Gasteiger partial charge in [-0.3, -0.25) is 0 Å². The van der Waals surface area contributed by atoms with Crippen molar-refractivity contribution in [3.05, 3.63) is 25.5 Å². The van der Waals surface area contributed by atoms with E-state index in [2.05, 4.69) is 13.2 Å². The second-order valence-corrected chi connectivity index (χ2v) is 0.482. The molecule has 0 spiro atoms. The summed E-state index contributed by atoms with van der Waals surface area (Å²) in [5, 5.41) is 7.69. The summed E-state index contributed by atoms with van der Waals surface area (Å²) in [4.78, 5) is 0. The highest BCUT2D eigenvalue weighted by molar-refractivity contribution is 4.60. The fraction of sp³-hybridized carbons (Fsp3) is 0.200. The summed E-state index contributed by atoms with van der Waals surface area (Å²) in [6.45, 7) is 7.75. The third-order valence-electron chi connectivity index (χ3n) is 0.149. The minimum absolute atomic E-state index is 1.00. The Kier molecular flexibility index (Phi) is 42.1. The third-order valence-corrected chi connectivity index (χ3v) is 0.149. The minimum atomic E-state index is 1.00. The van der Waals surface area contributed by atoms with Gasteiger partial charge < -0.3 is 5.11 Å². The first kappa shape index (κ1) is 8.99. The van der Waals surface area contributed by atoms with Crippen LogP contribution in [0.5, 0.6) is 0 Å². The van der Waals surface area contributed by atoms with Gasteiger partial charge in [0.1, 0.15) is 0 Å². The van der Waals surface area contributed by atoms with E-state index in [1.54, 1.807) is 13.0 Å². The molecular weight excluding hydrogens is 76.1 g/mol. The Morgan fingerprint density at radius 3 is 1.67 bits per heavy atom. The van der Waals surface area contributed by atoms with E-state index in [1.807, 2.05) is 0 Å². The lowest BCUT2D eigenvalue weighted by molar-refractivity contribution is 0.472. The molecule has 36 valence electrons. The standard InChI is InChI=1S/C3H6O.C2H4/c1-2-3-4;1-2/h2-4H,1H3;1-2H2. The van der Waals surface area contributed by atoms with E-state index in [1.165, 1.54) is 0 Å². The van der Waals surface area contributed by atoms with Crippen LogP contribution in [-0.2, 0) is 0 Å². The SMILES string of the molecule is C=C.CC=CO. The number of rotatable bonds is 0. The van der Waals surface area contributed by atoms with E-state index in [0.29, 0.717) is 0 Å². The summed E-state index contributed by atoms with van der Waals surface area (Å²) in [5.74, 6) is 0. The minimum Gasteiger partial charge on any atom is -0.516 e. The fourth-order valence-corrected chi connectivity index (χ4v) is 0. The molecule has 6 heavy (non-hydrogen) atoms. The van der Waals surface area contributed by atoms with E-state index in [4.69, 9.17) is 5.11 Å². The first-order valence-electron chi connectivity index (χ1n) is 1.67. The van der Waals surface area contributed by atoms with Gasteiger partial charge in [-0.2, -0.15) is 0 Å². The summed E-state index contributed by atoms with van der Waals surface area (Å²) >= 11 is 0. The molecule has 0 fully saturated rings. The van der Waals surface area contributed by atoms with Crippen LogP contribution in [0.4, 0.5) is 0 Å². The molecule has 0 saturated carbocycles. The number of hydrogen-bond acceptors (Lipinski definition) is 1. The maximum absolute atomic E-state index is 7.69. The average molecular weight is 86.1 g/mol. The molecule has 1 nitrogen and oxygen atoms in total. The zero-order chi connectivity index (χ0) is 5.41. The molecule has 0 saturated heterocycles. The van der Waals surface area contributed by atoms with Gasteiger partial charge in [-0.05, 0) is 6.92 Å². The highest BCUT2D eigenvalue weighted by Gasteiger charge is 1.35. The van der Waals surface area contributed by atoms with Gasteiger partial charge in [0.05, 0.1) is 6.26 Å². The van der Waals surface area contributed by atoms with Crippen molar-refractivity contribution in [2.75, 3.05) is 0 Å². The van der Waals surface area contributed by atoms with Crippen LogP contribution in [0.3, 0.4) is 0 Å². The van der Waals surface area contributed by atoms with Gasteiger partial charge in [-0.15, -0.1) is 13.2 Å². The van der Waals surface area contributed by atoms with Crippen molar-refractivity contribution in [2.45, 2.75) is 6.92 Å². The van der Waals surface area contributed by atoms with Gasteiger partial charge in [0.2, 0.25) is 0 Å². The van der Waals surface area contributed by atoms with E-state index < -0.39 is 0 Å². The predicted molar refractivity (Wildman–Crippen MR) is 28.7 cm³/mol. The monoisotopic (exact) mass is 86.1 g/mol. The van der Waals surface area contributed by atoms with Crippen molar-refractivity contribution in [3.63, 3.8) is 0 Å². The molecule has 0 atom stereocenters. The summed E-state index contributed by atoms with van der Waals surface area (Å²) < 4.78 is 0. The number of aliphatic hydroxyl groups is 1. The van der Waals surface area contributed by atoms with Gasteiger partial charge in [-0.25, -0.2) is 0 Å². The highest BCUT2D eigenvalue weighted by atomic mass is 16.2. The molecule has 0 heterocycles. The van der Waals surface area contributed by atoms with E-state index >= 15 is 0 Å². The second kappa shape index (κ2) is 28.1. The zero-order valence-electron chi connectivity index (χ0n) is 4.02. The lowest BCUT2D eigenvalue weighted by Gasteiger charge is -1.53. The van der Waals surface area contributed by atoms with Crippen LogP contribution < -0.4 is 0 Å². The van der Waals surface area contributed by atoms with Gasteiger partial charge >= 0.3 is 0 Å². The van der Waals surface area contributed by atoms with Crippen LogP contribution >= 0.6 is 0 Å². The smallest absolute Gasteiger partial charge is 0.0748 e. The molecule has 0 amide bonds. The van der Waals surface area contributed by atoms with Crippen LogP contribution in [0.15, 0.2) is 25.5 Å². The van der Waals surface area contributed by atoms with Crippen molar-refractivity contribution >= 4 is 0 Å². The maximum Gasteiger partial charge on any atom is 0.0748 e. The van der Waals surface area contributed by atoms with Gasteiger partial charge in [0, 0.05) is 0 Å². The number of hydrogen-bond donors (Lipinski definition) is 1. The maximum atomic E-state index is 7.69. The Bertz CT molecular complexity index is 26.9. The molecular formula is C5H10O. The van der Waals surface area contributed by atoms with Crippen LogP contribution in [0.25, 0.3) is 0 Å². The molecule has 0 aliphatic rings. The van der Waals surface area contributed by atoms with E-state index in [0.717, 1.165) is 6.26 Å². The normalized spacial score (nSPS) is 6.83. The summed E-state index contributed by atoms with van der Waals surface area (Å²) in [6, 6.07) is 0. The van der Waals surface area contributed by atoms with Crippen LogP contribution in [0, 0.1) is 0 Å². The first-order chi connectivity index (χ1) is 2.91. The molecule has 0 aromatic heterocycles. The molecule has 0 unspecified atom stereocenters. The summed E-state index contributed by atoms with van der Waals surface area (Å²) in [6.07, 6.45) is 2.56. The van der Waals surface area contributed by atoms with Crippen LogP contribution in [0.1, 0.15) is 6.92 Å². The largest absolute Gasteiger partial charge is 0.516 e. The lowest BCUT2D eigenvalue weighted by Crippen LogP contribution is -1.36. The Hall–Kier alpha value is -0.720. The highest BCUT2D eigenvalue weighted by Crippen LogP contribution is 1.51. The molecule has 0 aliphatic heterocycles. The summed E-state index contributed by atoms with van der Waals surface area (Å²) in [5.41, 5.74) is 0. The molecule has 0 radical (unpaired) electrons. The Morgan fingerprint density at radius 2 is 1.67 bits per heavy atom. The first-order valence-corrected chi connectivity index (χ1v) is 1.67. The van der Waals surface area contributed by atoms with E-state index in [-0.39, 0.29) is 0 Å². The topological polar surface area (TPSA) is 20.2 Å². The molecule has 1 N–H and O–H groups in total. The fourth-order valence-electron chi connectivity index (χ4n) is 0. The van der Waals surface area contributed by atoms with Gasteiger partial charge in [-0.1, -0.05) is 6.08 Å². The summed E-state index contributed by atoms with van der Waals surface area (Å²) in [7, 11) is 0. The molecule has 0 aliphatic carbocycles. The molecule has 0 bridgehead atoms. The quantitative estimate of drug-likeness (QED) is 0.352.